The molecule has 2 aromatic carbocycles. The minimum Gasteiger partial charge on any atom is -0.480 e. The summed E-state index contributed by atoms with van der Waals surface area (Å²) in [5.41, 5.74) is 0.855. The number of fused-ring (bicyclic) bond motifs is 1. The van der Waals surface area contributed by atoms with Crippen LogP contribution >= 0.6 is 23.2 Å². The lowest BCUT2D eigenvalue weighted by molar-refractivity contribution is -0.146. The molecule has 1 heterocycles. The van der Waals surface area contributed by atoms with E-state index in [9.17, 15) is 14.4 Å². The number of hydrogen-bond donors (Lipinski definition) is 0. The first-order valence-corrected chi connectivity index (χ1v) is 9.41. The molecule has 0 fully saturated rings. The van der Waals surface area contributed by atoms with Crippen molar-refractivity contribution in [3.05, 3.63) is 63.6 Å². The fourth-order valence-electron chi connectivity index (χ4n) is 2.77. The molecule has 0 aromatic heterocycles. The summed E-state index contributed by atoms with van der Waals surface area (Å²) in [6.07, 6.45) is 1.05. The first-order chi connectivity index (χ1) is 13.5. The number of unbranched alkanes of at least 4 members (excludes halogenated alkanes) is 1. The smallest absolute Gasteiger partial charge is 0.344 e. The Hall–Kier alpha value is -2.57. The number of amides is 2. The zero-order chi connectivity index (χ0) is 20.1. The molecule has 0 radical (unpaired) electrons. The van der Waals surface area contributed by atoms with Gasteiger partial charge >= 0.3 is 5.97 Å². The molecule has 0 atom stereocenters. The number of rotatable bonds is 8. The predicted octanol–water partition coefficient (Wildman–Crippen LogP) is 3.99. The maximum Gasteiger partial charge on any atom is 0.344 e. The first kappa shape index (κ1) is 20.2. The van der Waals surface area contributed by atoms with Crippen LogP contribution in [0.5, 0.6) is 5.75 Å². The number of carbonyl (C=O) groups excluding carboxylic acids is 3. The molecule has 0 N–H and O–H groups in total. The van der Waals surface area contributed by atoms with E-state index in [0.717, 1.165) is 0 Å². The minimum atomic E-state index is -0.535. The van der Waals surface area contributed by atoms with Gasteiger partial charge in [0.05, 0.1) is 22.8 Å². The molecule has 0 spiro atoms. The second-order valence-corrected chi connectivity index (χ2v) is 6.94. The number of esters is 1. The van der Waals surface area contributed by atoms with Gasteiger partial charge in [-0.3, -0.25) is 14.5 Å². The van der Waals surface area contributed by atoms with Crippen LogP contribution in [-0.4, -0.2) is 42.4 Å². The van der Waals surface area contributed by atoms with Crippen LogP contribution in [-0.2, 0) is 9.53 Å². The van der Waals surface area contributed by atoms with Gasteiger partial charge in [-0.2, -0.15) is 0 Å². The summed E-state index contributed by atoms with van der Waals surface area (Å²) in [6, 6.07) is 11.4. The van der Waals surface area contributed by atoms with Crippen molar-refractivity contribution in [3.8, 4) is 5.75 Å². The van der Waals surface area contributed by atoms with Crippen LogP contribution in [0.1, 0.15) is 33.6 Å². The predicted molar refractivity (Wildman–Crippen MR) is 104 cm³/mol. The van der Waals surface area contributed by atoms with Crippen LogP contribution in [0, 0.1) is 0 Å². The molecule has 0 aliphatic carbocycles. The van der Waals surface area contributed by atoms with E-state index in [1.54, 1.807) is 36.4 Å². The Morgan fingerprint density at radius 2 is 1.64 bits per heavy atom. The number of imide groups is 1. The van der Waals surface area contributed by atoms with Gasteiger partial charge in [0.2, 0.25) is 0 Å². The maximum atomic E-state index is 12.2. The van der Waals surface area contributed by atoms with Crippen LogP contribution in [0.4, 0.5) is 0 Å². The van der Waals surface area contributed by atoms with Crippen LogP contribution in [0.3, 0.4) is 0 Å². The van der Waals surface area contributed by atoms with Crippen molar-refractivity contribution < 1.29 is 23.9 Å². The minimum absolute atomic E-state index is 0.166. The van der Waals surface area contributed by atoms with Crippen molar-refractivity contribution >= 4 is 41.0 Å². The highest BCUT2D eigenvalue weighted by Gasteiger charge is 2.34. The van der Waals surface area contributed by atoms with Gasteiger partial charge in [-0.1, -0.05) is 35.3 Å². The molecular weight excluding hydrogens is 405 g/mol. The van der Waals surface area contributed by atoms with Crippen molar-refractivity contribution in [3.63, 3.8) is 0 Å². The zero-order valence-electron chi connectivity index (χ0n) is 14.8. The third kappa shape index (κ3) is 4.64. The monoisotopic (exact) mass is 421 g/mol. The SMILES string of the molecule is O=C(COc1ccc(Cl)cc1Cl)OCCCCN1C(=O)c2ccccc2C1=O. The summed E-state index contributed by atoms with van der Waals surface area (Å²) >= 11 is 11.7. The van der Waals surface area contributed by atoms with Crippen molar-refractivity contribution in [1.29, 1.82) is 0 Å². The molecule has 2 aromatic rings. The molecule has 1 aliphatic heterocycles. The summed E-state index contributed by atoms with van der Waals surface area (Å²) in [5, 5.41) is 0.777. The lowest BCUT2D eigenvalue weighted by Gasteiger charge is -2.13. The lowest BCUT2D eigenvalue weighted by atomic mass is 10.1. The van der Waals surface area contributed by atoms with E-state index < -0.39 is 5.97 Å². The van der Waals surface area contributed by atoms with E-state index in [4.69, 9.17) is 32.7 Å². The number of halogens is 2. The molecule has 6 nitrogen and oxygen atoms in total. The van der Waals surface area contributed by atoms with Gasteiger partial charge in [-0.15, -0.1) is 0 Å². The third-order valence-corrected chi connectivity index (χ3v) is 4.69. The fourth-order valence-corrected chi connectivity index (χ4v) is 3.23. The van der Waals surface area contributed by atoms with Crippen molar-refractivity contribution in [2.45, 2.75) is 12.8 Å². The van der Waals surface area contributed by atoms with E-state index in [-0.39, 0.29) is 31.6 Å². The van der Waals surface area contributed by atoms with E-state index in [0.29, 0.717) is 39.8 Å². The summed E-state index contributed by atoms with van der Waals surface area (Å²) in [4.78, 5) is 37.4. The number of nitrogens with zero attached hydrogens (tertiary/aromatic N) is 1. The first-order valence-electron chi connectivity index (χ1n) is 8.66. The largest absolute Gasteiger partial charge is 0.480 e. The summed E-state index contributed by atoms with van der Waals surface area (Å²) in [5.74, 6) is -0.767. The van der Waals surface area contributed by atoms with Gasteiger partial charge in [0.15, 0.2) is 6.61 Å². The van der Waals surface area contributed by atoms with Crippen LogP contribution in [0.2, 0.25) is 10.0 Å². The average Bonchev–Trinajstić information content (AvgIpc) is 2.92. The lowest BCUT2D eigenvalue weighted by Crippen LogP contribution is -2.30. The molecule has 0 bridgehead atoms. The van der Waals surface area contributed by atoms with Gasteiger partial charge < -0.3 is 9.47 Å². The highest BCUT2D eigenvalue weighted by atomic mass is 35.5. The Morgan fingerprint density at radius 1 is 0.964 bits per heavy atom. The molecule has 146 valence electrons. The van der Waals surface area contributed by atoms with Crippen LogP contribution in [0.15, 0.2) is 42.5 Å². The highest BCUT2D eigenvalue weighted by Crippen LogP contribution is 2.27. The fraction of sp³-hybridized carbons (Fsp3) is 0.250. The normalized spacial score (nSPS) is 12.9. The molecule has 1 aliphatic rings. The molecule has 0 saturated heterocycles. The maximum absolute atomic E-state index is 12.2. The van der Waals surface area contributed by atoms with Gasteiger partial charge in [0.1, 0.15) is 5.75 Å². The molecule has 0 unspecified atom stereocenters. The molecule has 0 saturated carbocycles. The summed E-state index contributed by atoms with van der Waals surface area (Å²) < 4.78 is 10.4. The van der Waals surface area contributed by atoms with Crippen LogP contribution < -0.4 is 4.74 Å². The number of ether oxygens (including phenoxy) is 2. The van der Waals surface area contributed by atoms with Crippen LogP contribution in [0.25, 0.3) is 0 Å². The van der Waals surface area contributed by atoms with E-state index in [1.165, 1.54) is 11.0 Å². The molecular formula is C20H17Cl2NO5. The van der Waals surface area contributed by atoms with Gasteiger partial charge in [0, 0.05) is 11.6 Å². The number of hydrogen-bond acceptors (Lipinski definition) is 5. The van der Waals surface area contributed by atoms with Gasteiger partial charge in [-0.05, 0) is 43.2 Å². The third-order valence-electron chi connectivity index (χ3n) is 4.16. The van der Waals surface area contributed by atoms with E-state index in [2.05, 4.69) is 0 Å². The number of carbonyl (C=O) groups is 3. The van der Waals surface area contributed by atoms with Gasteiger partial charge in [-0.25, -0.2) is 4.79 Å². The van der Waals surface area contributed by atoms with Crippen molar-refractivity contribution in [1.82, 2.24) is 4.90 Å². The summed E-state index contributed by atoms with van der Waals surface area (Å²) in [6.45, 7) is 0.167. The Labute approximate surface area is 171 Å². The summed E-state index contributed by atoms with van der Waals surface area (Å²) in [7, 11) is 0. The molecule has 28 heavy (non-hydrogen) atoms. The van der Waals surface area contributed by atoms with Crippen molar-refractivity contribution in [2.75, 3.05) is 19.8 Å². The van der Waals surface area contributed by atoms with E-state index in [1.807, 2.05) is 0 Å². The zero-order valence-corrected chi connectivity index (χ0v) is 16.3. The Balaban J connectivity index is 1.35. The Kier molecular flexibility index (Phi) is 6.54. The molecule has 3 rings (SSSR count). The quantitative estimate of drug-likeness (QED) is 0.366. The standard InChI is InChI=1S/C20H17Cl2NO5/c21-13-7-8-17(16(22)11-13)28-12-18(24)27-10-4-3-9-23-19(25)14-5-1-2-6-15(14)20(23)26/h1-2,5-8,11H,3-4,9-10,12H2. The Morgan fingerprint density at radius 3 is 2.29 bits per heavy atom. The average molecular weight is 422 g/mol. The number of benzene rings is 2. The topological polar surface area (TPSA) is 72.9 Å². The second-order valence-electron chi connectivity index (χ2n) is 6.10. The van der Waals surface area contributed by atoms with Crippen molar-refractivity contribution in [2.24, 2.45) is 0 Å². The van der Waals surface area contributed by atoms with E-state index >= 15 is 0 Å². The molecule has 2 amide bonds. The van der Waals surface area contributed by atoms with Gasteiger partial charge in [0.25, 0.3) is 11.8 Å². The second kappa shape index (κ2) is 9.08. The Bertz CT molecular complexity index is 880. The molecule has 8 heteroatoms. The highest BCUT2D eigenvalue weighted by molar-refractivity contribution is 6.35.